The van der Waals surface area contributed by atoms with Crippen LogP contribution in [0.1, 0.15) is 22.0 Å². The van der Waals surface area contributed by atoms with Crippen LogP contribution in [-0.4, -0.2) is 9.76 Å². The van der Waals surface area contributed by atoms with E-state index < -0.39 is 15.9 Å². The molecule has 5 heteroatoms. The number of carbonyl (C=O) groups excluding carboxylic acids is 1. The molecule has 0 N–H and O–H groups in total. The second-order valence-corrected chi connectivity index (χ2v) is 6.47. The van der Waals surface area contributed by atoms with Gasteiger partial charge in [0.2, 0.25) is 3.79 Å². The molecule has 1 atom stereocenters. The Morgan fingerprint density at radius 2 is 1.40 bits per heavy atom. The molecule has 0 spiro atoms. The summed E-state index contributed by atoms with van der Waals surface area (Å²) in [6.45, 7) is 0. The molecule has 0 radical (unpaired) electrons. The van der Waals surface area contributed by atoms with Crippen LogP contribution in [0.15, 0.2) is 60.7 Å². The van der Waals surface area contributed by atoms with Crippen LogP contribution in [0.25, 0.3) is 0 Å². The van der Waals surface area contributed by atoms with Gasteiger partial charge in [-0.1, -0.05) is 83.3 Å². The molecule has 2 aromatic rings. The Bertz CT molecular complexity index is 565. The first-order valence-corrected chi connectivity index (χ1v) is 6.99. The van der Waals surface area contributed by atoms with Gasteiger partial charge in [-0.25, -0.2) is 4.79 Å². The molecule has 2 nitrogen and oxygen atoms in total. The molecule has 0 amide bonds. The Labute approximate surface area is 132 Å². The molecule has 0 heterocycles. The van der Waals surface area contributed by atoms with Crippen LogP contribution < -0.4 is 0 Å². The van der Waals surface area contributed by atoms with Gasteiger partial charge in [0.05, 0.1) is 5.56 Å². The third kappa shape index (κ3) is 3.89. The lowest BCUT2D eigenvalue weighted by molar-refractivity contribution is 0.0304. The zero-order chi connectivity index (χ0) is 14.6. The van der Waals surface area contributed by atoms with Crippen LogP contribution in [0, 0.1) is 0 Å². The highest BCUT2D eigenvalue weighted by atomic mass is 35.6. The van der Waals surface area contributed by atoms with Crippen molar-refractivity contribution in [2.45, 2.75) is 9.90 Å². The summed E-state index contributed by atoms with van der Waals surface area (Å²) in [6.07, 6.45) is -0.971. The van der Waals surface area contributed by atoms with Gasteiger partial charge in [0.15, 0.2) is 6.10 Å². The van der Waals surface area contributed by atoms with Gasteiger partial charge in [-0.05, 0) is 17.7 Å². The average Bonchev–Trinajstić information content (AvgIpc) is 2.45. The van der Waals surface area contributed by atoms with E-state index in [1.54, 1.807) is 54.6 Å². The first kappa shape index (κ1) is 15.2. The van der Waals surface area contributed by atoms with Gasteiger partial charge in [0, 0.05) is 0 Å². The Morgan fingerprint density at radius 3 is 1.90 bits per heavy atom. The number of hydrogen-bond donors (Lipinski definition) is 0. The molecule has 2 aromatic carbocycles. The summed E-state index contributed by atoms with van der Waals surface area (Å²) < 4.78 is 3.61. The molecule has 0 unspecified atom stereocenters. The van der Waals surface area contributed by atoms with Gasteiger partial charge >= 0.3 is 5.97 Å². The quantitative estimate of drug-likeness (QED) is 0.588. The molecule has 0 fully saturated rings. The van der Waals surface area contributed by atoms with Crippen molar-refractivity contribution in [1.29, 1.82) is 0 Å². The van der Waals surface area contributed by atoms with Crippen molar-refractivity contribution in [3.8, 4) is 0 Å². The SMILES string of the molecule is O=C(O[C@H](c1ccccc1)C(Cl)(Cl)Cl)c1ccccc1. The van der Waals surface area contributed by atoms with Crippen molar-refractivity contribution in [3.63, 3.8) is 0 Å². The molecule has 0 aliphatic rings. The lowest BCUT2D eigenvalue weighted by Gasteiger charge is -2.24. The van der Waals surface area contributed by atoms with E-state index in [0.717, 1.165) is 0 Å². The van der Waals surface area contributed by atoms with Crippen molar-refractivity contribution in [2.75, 3.05) is 0 Å². The van der Waals surface area contributed by atoms with Crippen LogP contribution in [0.5, 0.6) is 0 Å². The van der Waals surface area contributed by atoms with Gasteiger partial charge in [-0.2, -0.15) is 0 Å². The fraction of sp³-hybridized carbons (Fsp3) is 0.133. The Balaban J connectivity index is 2.24. The van der Waals surface area contributed by atoms with Crippen LogP contribution >= 0.6 is 34.8 Å². The van der Waals surface area contributed by atoms with E-state index in [4.69, 9.17) is 39.5 Å². The number of benzene rings is 2. The van der Waals surface area contributed by atoms with Crippen LogP contribution in [0.4, 0.5) is 0 Å². The summed E-state index contributed by atoms with van der Waals surface area (Å²) in [7, 11) is 0. The van der Waals surface area contributed by atoms with Gasteiger partial charge in [-0.15, -0.1) is 0 Å². The second-order valence-electron chi connectivity index (χ2n) is 4.10. The highest BCUT2D eigenvalue weighted by Crippen LogP contribution is 2.42. The first-order chi connectivity index (χ1) is 9.48. The van der Waals surface area contributed by atoms with Gasteiger partial charge in [0.25, 0.3) is 0 Å². The van der Waals surface area contributed by atoms with Crippen molar-refractivity contribution in [3.05, 3.63) is 71.8 Å². The number of rotatable bonds is 3. The number of ether oxygens (including phenoxy) is 1. The van der Waals surface area contributed by atoms with Gasteiger partial charge in [-0.3, -0.25) is 0 Å². The van der Waals surface area contributed by atoms with Crippen LogP contribution in [0.3, 0.4) is 0 Å². The number of hydrogen-bond acceptors (Lipinski definition) is 2. The van der Waals surface area contributed by atoms with Crippen LogP contribution in [0.2, 0.25) is 0 Å². The Hall–Kier alpha value is -1.22. The van der Waals surface area contributed by atoms with Gasteiger partial charge in [0.1, 0.15) is 0 Å². The van der Waals surface area contributed by atoms with Crippen molar-refractivity contribution >= 4 is 40.8 Å². The smallest absolute Gasteiger partial charge is 0.338 e. The number of esters is 1. The molecule has 2 rings (SSSR count). The van der Waals surface area contributed by atoms with E-state index in [-0.39, 0.29) is 0 Å². The zero-order valence-electron chi connectivity index (χ0n) is 10.3. The van der Waals surface area contributed by atoms with E-state index in [1.165, 1.54) is 0 Å². The largest absolute Gasteiger partial charge is 0.449 e. The number of halogens is 3. The second kappa shape index (κ2) is 6.49. The van der Waals surface area contributed by atoms with E-state index in [0.29, 0.717) is 11.1 Å². The molecular weight excluding hydrogens is 319 g/mol. The van der Waals surface area contributed by atoms with Crippen molar-refractivity contribution in [2.24, 2.45) is 0 Å². The number of alkyl halides is 3. The third-order valence-electron chi connectivity index (χ3n) is 2.63. The molecule has 0 aliphatic heterocycles. The minimum Gasteiger partial charge on any atom is -0.449 e. The molecule has 20 heavy (non-hydrogen) atoms. The molecule has 0 bridgehead atoms. The maximum absolute atomic E-state index is 12.1. The minimum atomic E-state index is -1.74. The summed E-state index contributed by atoms with van der Waals surface area (Å²) in [5, 5.41) is 0. The predicted molar refractivity (Wildman–Crippen MR) is 81.3 cm³/mol. The molecule has 0 aliphatic carbocycles. The minimum absolute atomic E-state index is 0.405. The Kier molecular flexibility index (Phi) is 4.92. The van der Waals surface area contributed by atoms with E-state index in [1.807, 2.05) is 6.07 Å². The summed E-state index contributed by atoms with van der Waals surface area (Å²) >= 11 is 17.8. The molecular formula is C15H11Cl3O2. The standard InChI is InChI=1S/C15H11Cl3O2/c16-15(17,18)13(11-7-3-1-4-8-11)20-14(19)12-9-5-2-6-10-12/h1-10,13H/t13-/m1/s1. The summed E-state index contributed by atoms with van der Waals surface area (Å²) in [6, 6.07) is 17.5. The van der Waals surface area contributed by atoms with E-state index >= 15 is 0 Å². The summed E-state index contributed by atoms with van der Waals surface area (Å²) in [5.74, 6) is -0.536. The normalized spacial score (nSPS) is 12.8. The highest BCUT2D eigenvalue weighted by molar-refractivity contribution is 6.68. The Morgan fingerprint density at radius 1 is 0.900 bits per heavy atom. The average molecular weight is 330 g/mol. The molecule has 0 saturated heterocycles. The lowest BCUT2D eigenvalue weighted by atomic mass is 10.1. The van der Waals surface area contributed by atoms with Crippen molar-refractivity contribution in [1.82, 2.24) is 0 Å². The fourth-order valence-electron chi connectivity index (χ4n) is 1.70. The maximum Gasteiger partial charge on any atom is 0.338 e. The maximum atomic E-state index is 12.1. The van der Waals surface area contributed by atoms with E-state index in [2.05, 4.69) is 0 Å². The van der Waals surface area contributed by atoms with Crippen LogP contribution in [-0.2, 0) is 4.74 Å². The lowest BCUT2D eigenvalue weighted by Crippen LogP contribution is -2.23. The highest BCUT2D eigenvalue weighted by Gasteiger charge is 2.37. The van der Waals surface area contributed by atoms with E-state index in [9.17, 15) is 4.79 Å². The van der Waals surface area contributed by atoms with Gasteiger partial charge < -0.3 is 4.74 Å². The first-order valence-electron chi connectivity index (χ1n) is 5.86. The molecule has 0 aromatic heterocycles. The zero-order valence-corrected chi connectivity index (χ0v) is 12.6. The molecule has 104 valence electrons. The summed E-state index contributed by atoms with van der Waals surface area (Å²) in [4.78, 5) is 12.1. The topological polar surface area (TPSA) is 26.3 Å². The predicted octanol–water partition coefficient (Wildman–Crippen LogP) is 4.95. The summed E-state index contributed by atoms with van der Waals surface area (Å²) in [5.41, 5.74) is 1.03. The fourth-order valence-corrected chi connectivity index (χ4v) is 2.21. The monoisotopic (exact) mass is 328 g/mol. The molecule has 0 saturated carbocycles. The van der Waals surface area contributed by atoms with Crippen molar-refractivity contribution < 1.29 is 9.53 Å². The number of carbonyl (C=O) groups is 1. The third-order valence-corrected chi connectivity index (χ3v) is 3.23.